The summed E-state index contributed by atoms with van der Waals surface area (Å²) in [4.78, 5) is 4.28. The van der Waals surface area contributed by atoms with E-state index in [9.17, 15) is 0 Å². The third-order valence-corrected chi connectivity index (χ3v) is 3.21. The summed E-state index contributed by atoms with van der Waals surface area (Å²) in [5.74, 6) is 0. The minimum Gasteiger partial charge on any atom is -0.383 e. The first kappa shape index (κ1) is 13.3. The van der Waals surface area contributed by atoms with E-state index >= 15 is 0 Å². The highest BCUT2D eigenvalue weighted by Gasteiger charge is 2.12. The zero-order valence-corrected chi connectivity index (χ0v) is 11.2. The number of rotatable bonds is 6. The van der Waals surface area contributed by atoms with E-state index in [0.717, 1.165) is 18.0 Å². The highest BCUT2D eigenvalue weighted by molar-refractivity contribution is 7.80. The Morgan fingerprint density at radius 1 is 1.69 bits per heavy atom. The van der Waals surface area contributed by atoms with Gasteiger partial charge in [-0.2, -0.15) is 0 Å². The maximum absolute atomic E-state index is 5.18. The molecular weight excluding hydrogens is 242 g/mol. The minimum atomic E-state index is 0.197. The number of hydrogen-bond acceptors (Lipinski definition) is 4. The summed E-state index contributed by atoms with van der Waals surface area (Å²) in [7, 11) is 1.67. The maximum atomic E-state index is 5.18. The van der Waals surface area contributed by atoms with Crippen molar-refractivity contribution in [1.82, 2.24) is 15.6 Å². The van der Waals surface area contributed by atoms with E-state index in [1.165, 1.54) is 0 Å². The van der Waals surface area contributed by atoms with Crippen LogP contribution in [-0.4, -0.2) is 30.4 Å². The smallest absolute Gasteiger partial charge is 0.166 e. The van der Waals surface area contributed by atoms with Crippen LogP contribution in [0, 0.1) is 0 Å². The number of nitrogens with zero attached hydrogens (tertiary/aromatic N) is 1. The summed E-state index contributed by atoms with van der Waals surface area (Å²) >= 11 is 6.82. The zero-order valence-electron chi connectivity index (χ0n) is 9.53. The molecular formula is C10H17N3OS2. The van der Waals surface area contributed by atoms with E-state index in [1.807, 2.05) is 11.6 Å². The number of thiazole rings is 1. The quantitative estimate of drug-likeness (QED) is 0.601. The molecule has 4 nitrogen and oxygen atoms in total. The Labute approximate surface area is 105 Å². The predicted octanol–water partition coefficient (Wildman–Crippen LogP) is 1.70. The molecule has 0 saturated heterocycles. The number of aromatic nitrogens is 1. The lowest BCUT2D eigenvalue weighted by Crippen LogP contribution is -2.38. The Hall–Kier alpha value is -0.720. The fraction of sp³-hybridized carbons (Fsp3) is 0.600. The zero-order chi connectivity index (χ0) is 11.8. The second kappa shape index (κ2) is 7.54. The summed E-state index contributed by atoms with van der Waals surface area (Å²) in [5.41, 5.74) is 0. The number of thiocarbonyl (C=S) groups is 1. The number of ether oxygens (including phenoxy) is 1. The van der Waals surface area contributed by atoms with Crippen molar-refractivity contribution in [3.8, 4) is 0 Å². The molecule has 0 radical (unpaired) electrons. The lowest BCUT2D eigenvalue weighted by Gasteiger charge is -2.17. The predicted molar refractivity (Wildman–Crippen MR) is 70.8 cm³/mol. The molecule has 0 fully saturated rings. The lowest BCUT2D eigenvalue weighted by molar-refractivity contribution is 0.204. The van der Waals surface area contributed by atoms with Crippen molar-refractivity contribution in [2.75, 3.05) is 20.3 Å². The van der Waals surface area contributed by atoms with Gasteiger partial charge in [0.2, 0.25) is 0 Å². The Bertz CT molecular complexity index is 303. The van der Waals surface area contributed by atoms with Gasteiger partial charge in [-0.15, -0.1) is 11.3 Å². The van der Waals surface area contributed by atoms with Gasteiger partial charge in [0.1, 0.15) is 5.01 Å². The van der Waals surface area contributed by atoms with Gasteiger partial charge >= 0.3 is 0 Å². The van der Waals surface area contributed by atoms with Gasteiger partial charge in [0.25, 0.3) is 0 Å². The van der Waals surface area contributed by atoms with Gasteiger partial charge in [-0.1, -0.05) is 6.92 Å². The third kappa shape index (κ3) is 4.42. The summed E-state index contributed by atoms with van der Waals surface area (Å²) in [6.45, 7) is 3.48. The molecule has 1 rings (SSSR count). The Morgan fingerprint density at radius 3 is 3.06 bits per heavy atom. The van der Waals surface area contributed by atoms with Gasteiger partial charge in [0.05, 0.1) is 12.6 Å². The summed E-state index contributed by atoms with van der Waals surface area (Å²) < 4.78 is 4.94. The summed E-state index contributed by atoms with van der Waals surface area (Å²) in [6, 6.07) is 0.197. The largest absolute Gasteiger partial charge is 0.383 e. The monoisotopic (exact) mass is 259 g/mol. The third-order valence-electron chi connectivity index (χ3n) is 2.05. The average Bonchev–Trinajstić information content (AvgIpc) is 2.79. The van der Waals surface area contributed by atoms with Gasteiger partial charge in [-0.05, 0) is 18.6 Å². The lowest BCUT2D eigenvalue weighted by atomic mass is 10.2. The maximum Gasteiger partial charge on any atom is 0.166 e. The first-order valence-electron chi connectivity index (χ1n) is 5.20. The molecule has 1 heterocycles. The van der Waals surface area contributed by atoms with Crippen LogP contribution in [0.25, 0.3) is 0 Å². The van der Waals surface area contributed by atoms with Crippen molar-refractivity contribution >= 4 is 28.7 Å². The molecule has 0 amide bonds. The van der Waals surface area contributed by atoms with Crippen molar-refractivity contribution in [2.45, 2.75) is 19.4 Å². The fourth-order valence-electron chi connectivity index (χ4n) is 1.22. The van der Waals surface area contributed by atoms with Crippen molar-refractivity contribution in [1.29, 1.82) is 0 Å². The van der Waals surface area contributed by atoms with E-state index in [4.69, 9.17) is 17.0 Å². The Morgan fingerprint density at radius 2 is 2.50 bits per heavy atom. The molecule has 1 atom stereocenters. The molecule has 0 bridgehead atoms. The number of methoxy groups -OCH3 is 1. The molecule has 6 heteroatoms. The van der Waals surface area contributed by atoms with Crippen LogP contribution < -0.4 is 10.6 Å². The molecule has 90 valence electrons. The molecule has 16 heavy (non-hydrogen) atoms. The fourth-order valence-corrected chi connectivity index (χ4v) is 2.24. The minimum absolute atomic E-state index is 0.197. The topological polar surface area (TPSA) is 46.2 Å². The van der Waals surface area contributed by atoms with E-state index in [-0.39, 0.29) is 6.04 Å². The van der Waals surface area contributed by atoms with Gasteiger partial charge in [-0.25, -0.2) is 4.98 Å². The van der Waals surface area contributed by atoms with Gasteiger partial charge in [0.15, 0.2) is 5.11 Å². The average molecular weight is 259 g/mol. The van der Waals surface area contributed by atoms with Crippen LogP contribution >= 0.6 is 23.6 Å². The molecule has 0 aromatic carbocycles. The van der Waals surface area contributed by atoms with Crippen molar-refractivity contribution in [2.24, 2.45) is 0 Å². The van der Waals surface area contributed by atoms with E-state index < -0.39 is 0 Å². The van der Waals surface area contributed by atoms with Gasteiger partial charge in [0, 0.05) is 25.2 Å². The molecule has 0 spiro atoms. The first-order valence-corrected chi connectivity index (χ1v) is 6.49. The molecule has 0 saturated carbocycles. The normalized spacial score (nSPS) is 12.1. The van der Waals surface area contributed by atoms with Crippen molar-refractivity contribution in [3.63, 3.8) is 0 Å². The van der Waals surface area contributed by atoms with Gasteiger partial charge in [-0.3, -0.25) is 0 Å². The molecule has 1 aromatic rings. The van der Waals surface area contributed by atoms with E-state index in [1.54, 1.807) is 18.4 Å². The van der Waals surface area contributed by atoms with E-state index in [0.29, 0.717) is 11.7 Å². The Kier molecular flexibility index (Phi) is 6.29. The van der Waals surface area contributed by atoms with Crippen molar-refractivity contribution in [3.05, 3.63) is 16.6 Å². The van der Waals surface area contributed by atoms with Crippen LogP contribution in [0.2, 0.25) is 0 Å². The van der Waals surface area contributed by atoms with Crippen LogP contribution in [0.3, 0.4) is 0 Å². The van der Waals surface area contributed by atoms with Crippen LogP contribution in [0.1, 0.15) is 24.4 Å². The van der Waals surface area contributed by atoms with E-state index in [2.05, 4.69) is 22.5 Å². The van der Waals surface area contributed by atoms with Crippen molar-refractivity contribution < 1.29 is 4.74 Å². The van der Waals surface area contributed by atoms with Gasteiger partial charge < -0.3 is 15.4 Å². The molecule has 0 aliphatic rings. The van der Waals surface area contributed by atoms with Crippen LogP contribution in [0.15, 0.2) is 11.6 Å². The number of hydrogen-bond donors (Lipinski definition) is 2. The second-order valence-corrected chi connectivity index (χ2v) is 4.56. The first-order chi connectivity index (χ1) is 7.77. The molecule has 0 aliphatic heterocycles. The van der Waals surface area contributed by atoms with Crippen LogP contribution in [-0.2, 0) is 4.74 Å². The van der Waals surface area contributed by atoms with Crippen LogP contribution in [0.5, 0.6) is 0 Å². The second-order valence-electron chi connectivity index (χ2n) is 3.22. The molecule has 1 unspecified atom stereocenters. The molecule has 0 aliphatic carbocycles. The standard InChI is InChI=1S/C10H17N3OS2/c1-3-8(9-11-5-7-16-9)13-10(15)12-4-6-14-2/h5,7-8H,3-4,6H2,1-2H3,(H2,12,13,15). The highest BCUT2D eigenvalue weighted by atomic mass is 32.1. The summed E-state index contributed by atoms with van der Waals surface area (Å²) in [6.07, 6.45) is 2.77. The molecule has 1 aromatic heterocycles. The SMILES string of the molecule is CCC(NC(=S)NCCOC)c1nccs1. The Balaban J connectivity index is 2.36. The number of nitrogens with one attached hydrogen (secondary N) is 2. The summed E-state index contributed by atoms with van der Waals surface area (Å²) in [5, 5.41) is 10.0. The molecule has 2 N–H and O–H groups in total. The van der Waals surface area contributed by atoms with Crippen LogP contribution in [0.4, 0.5) is 0 Å². The highest BCUT2D eigenvalue weighted by Crippen LogP contribution is 2.18.